The van der Waals surface area contributed by atoms with E-state index < -0.39 is 5.60 Å². The number of hydrogen-bond acceptors (Lipinski definition) is 2. The molecule has 1 atom stereocenters. The van der Waals surface area contributed by atoms with Gasteiger partial charge in [0.2, 0.25) is 0 Å². The highest BCUT2D eigenvalue weighted by Crippen LogP contribution is 2.33. The molecule has 0 saturated carbocycles. The predicted molar refractivity (Wildman–Crippen MR) is 65.3 cm³/mol. The van der Waals surface area contributed by atoms with Crippen LogP contribution in [-0.4, -0.2) is 10.7 Å². The van der Waals surface area contributed by atoms with Gasteiger partial charge < -0.3 is 9.52 Å². The minimum Gasteiger partial charge on any atom is -0.461 e. The minimum absolute atomic E-state index is 0.578. The van der Waals surface area contributed by atoms with Crippen LogP contribution in [-0.2, 0) is 12.8 Å². The van der Waals surface area contributed by atoms with Crippen LogP contribution in [0.1, 0.15) is 36.0 Å². The van der Waals surface area contributed by atoms with Gasteiger partial charge in [0.05, 0.1) is 5.60 Å². The molecule has 0 bridgehead atoms. The van der Waals surface area contributed by atoms with E-state index in [1.807, 2.05) is 12.2 Å². The molecular formula is C14H18O2. The molecule has 1 N–H and O–H groups in total. The fourth-order valence-corrected chi connectivity index (χ4v) is 2.30. The predicted octanol–water partition coefficient (Wildman–Crippen LogP) is 3.03. The van der Waals surface area contributed by atoms with Crippen molar-refractivity contribution in [1.29, 1.82) is 0 Å². The first-order valence-corrected chi connectivity index (χ1v) is 5.73. The largest absolute Gasteiger partial charge is 0.461 e. The summed E-state index contributed by atoms with van der Waals surface area (Å²) < 4.78 is 5.73. The standard InChI is InChI=1S/C14H18O2/c1-4-7-14(15)8-6-13-11(9-14)10(3)12(5-2)16-13/h4,6,8,15H,1,5,7,9H2,2-3H3. The highest BCUT2D eigenvalue weighted by molar-refractivity contribution is 5.57. The Bertz CT molecular complexity index is 440. The second-order valence-electron chi connectivity index (χ2n) is 4.45. The van der Waals surface area contributed by atoms with E-state index in [9.17, 15) is 5.11 Å². The van der Waals surface area contributed by atoms with Crippen molar-refractivity contribution in [2.75, 3.05) is 0 Å². The molecule has 1 aromatic heterocycles. The van der Waals surface area contributed by atoms with E-state index in [4.69, 9.17) is 4.42 Å². The third-order valence-electron chi connectivity index (χ3n) is 3.25. The Morgan fingerprint density at radius 2 is 2.38 bits per heavy atom. The first-order chi connectivity index (χ1) is 7.59. The van der Waals surface area contributed by atoms with Crippen LogP contribution in [0.15, 0.2) is 23.1 Å². The zero-order chi connectivity index (χ0) is 11.8. The van der Waals surface area contributed by atoms with Gasteiger partial charge in [-0.1, -0.05) is 13.0 Å². The molecule has 1 aromatic rings. The lowest BCUT2D eigenvalue weighted by Gasteiger charge is -2.26. The lowest BCUT2D eigenvalue weighted by Crippen LogP contribution is -2.30. The molecule has 0 fully saturated rings. The van der Waals surface area contributed by atoms with E-state index in [-0.39, 0.29) is 0 Å². The summed E-state index contributed by atoms with van der Waals surface area (Å²) in [5, 5.41) is 10.3. The Morgan fingerprint density at radius 1 is 1.62 bits per heavy atom. The van der Waals surface area contributed by atoms with E-state index in [0.29, 0.717) is 12.8 Å². The molecule has 2 nitrogen and oxygen atoms in total. The highest BCUT2D eigenvalue weighted by atomic mass is 16.3. The van der Waals surface area contributed by atoms with Crippen LogP contribution in [0, 0.1) is 6.92 Å². The molecule has 0 amide bonds. The van der Waals surface area contributed by atoms with Crippen molar-refractivity contribution >= 4 is 6.08 Å². The highest BCUT2D eigenvalue weighted by Gasteiger charge is 2.30. The zero-order valence-electron chi connectivity index (χ0n) is 9.92. The molecule has 1 unspecified atom stereocenters. The summed E-state index contributed by atoms with van der Waals surface area (Å²) in [4.78, 5) is 0. The molecule has 2 rings (SSSR count). The number of fused-ring (bicyclic) bond motifs is 1. The summed E-state index contributed by atoms with van der Waals surface area (Å²) in [5.41, 5.74) is 1.54. The second kappa shape index (κ2) is 3.95. The molecule has 0 aromatic carbocycles. The Hall–Kier alpha value is -1.28. The summed E-state index contributed by atoms with van der Waals surface area (Å²) >= 11 is 0. The molecule has 1 heterocycles. The maximum atomic E-state index is 10.3. The van der Waals surface area contributed by atoms with Crippen LogP contribution in [0.3, 0.4) is 0 Å². The van der Waals surface area contributed by atoms with Crippen molar-refractivity contribution in [2.24, 2.45) is 0 Å². The Labute approximate surface area is 96.3 Å². The van der Waals surface area contributed by atoms with Crippen molar-refractivity contribution in [3.63, 3.8) is 0 Å². The second-order valence-corrected chi connectivity index (χ2v) is 4.45. The van der Waals surface area contributed by atoms with Crippen LogP contribution in [0.5, 0.6) is 0 Å². The van der Waals surface area contributed by atoms with Crippen LogP contribution < -0.4 is 0 Å². The molecule has 0 spiro atoms. The van der Waals surface area contributed by atoms with Gasteiger partial charge in [-0.25, -0.2) is 0 Å². The molecule has 0 aliphatic heterocycles. The number of hydrogen-bond donors (Lipinski definition) is 1. The van der Waals surface area contributed by atoms with E-state index in [1.54, 1.807) is 6.08 Å². The first kappa shape index (κ1) is 11.2. The van der Waals surface area contributed by atoms with E-state index in [1.165, 1.54) is 5.56 Å². The van der Waals surface area contributed by atoms with Gasteiger partial charge in [-0.15, -0.1) is 6.58 Å². The number of aryl methyl sites for hydroxylation is 1. The molecule has 1 aliphatic carbocycles. The number of aliphatic hydroxyl groups is 1. The average molecular weight is 218 g/mol. The molecule has 1 aliphatic rings. The molecule has 16 heavy (non-hydrogen) atoms. The first-order valence-electron chi connectivity index (χ1n) is 5.73. The third-order valence-corrected chi connectivity index (χ3v) is 3.25. The summed E-state index contributed by atoms with van der Waals surface area (Å²) in [6, 6.07) is 0. The monoisotopic (exact) mass is 218 g/mol. The van der Waals surface area contributed by atoms with Gasteiger partial charge in [0.25, 0.3) is 0 Å². The Morgan fingerprint density at radius 3 is 3.00 bits per heavy atom. The smallest absolute Gasteiger partial charge is 0.130 e. The third kappa shape index (κ3) is 1.74. The van der Waals surface area contributed by atoms with Crippen LogP contribution in [0.4, 0.5) is 0 Å². The molecular weight excluding hydrogens is 200 g/mol. The normalized spacial score (nSPS) is 23.2. The van der Waals surface area contributed by atoms with Gasteiger partial charge in [0, 0.05) is 18.4 Å². The maximum Gasteiger partial charge on any atom is 0.130 e. The van der Waals surface area contributed by atoms with Crippen molar-refractivity contribution in [1.82, 2.24) is 0 Å². The van der Waals surface area contributed by atoms with Crippen LogP contribution >= 0.6 is 0 Å². The van der Waals surface area contributed by atoms with Crippen molar-refractivity contribution in [3.05, 3.63) is 41.4 Å². The SMILES string of the molecule is C=CCC1(O)C=Cc2oc(CC)c(C)c2C1. The molecule has 86 valence electrons. The quantitative estimate of drug-likeness (QED) is 0.791. The van der Waals surface area contributed by atoms with Crippen molar-refractivity contribution < 1.29 is 9.52 Å². The summed E-state index contributed by atoms with van der Waals surface area (Å²) in [5.74, 6) is 1.93. The minimum atomic E-state index is -0.783. The van der Waals surface area contributed by atoms with Gasteiger partial charge in [-0.2, -0.15) is 0 Å². The summed E-state index contributed by atoms with van der Waals surface area (Å²) in [6.45, 7) is 7.83. The van der Waals surface area contributed by atoms with E-state index in [0.717, 1.165) is 23.5 Å². The number of furan rings is 1. The maximum absolute atomic E-state index is 10.3. The van der Waals surface area contributed by atoms with Gasteiger partial charge in [-0.05, 0) is 31.1 Å². The average Bonchev–Trinajstić information content (AvgIpc) is 2.56. The molecule has 0 saturated heterocycles. The zero-order valence-corrected chi connectivity index (χ0v) is 9.92. The van der Waals surface area contributed by atoms with Crippen molar-refractivity contribution in [3.8, 4) is 0 Å². The lowest BCUT2D eigenvalue weighted by atomic mass is 9.85. The number of rotatable bonds is 3. The van der Waals surface area contributed by atoms with Crippen LogP contribution in [0.25, 0.3) is 6.08 Å². The lowest BCUT2D eigenvalue weighted by molar-refractivity contribution is 0.0935. The fraction of sp³-hybridized carbons (Fsp3) is 0.429. The summed E-state index contributed by atoms with van der Waals surface area (Å²) in [7, 11) is 0. The van der Waals surface area contributed by atoms with Gasteiger partial charge in [-0.3, -0.25) is 0 Å². The van der Waals surface area contributed by atoms with Gasteiger partial charge >= 0.3 is 0 Å². The van der Waals surface area contributed by atoms with Gasteiger partial charge in [0.1, 0.15) is 11.5 Å². The van der Waals surface area contributed by atoms with E-state index in [2.05, 4.69) is 20.4 Å². The molecule has 0 radical (unpaired) electrons. The molecule has 2 heteroatoms. The van der Waals surface area contributed by atoms with Crippen molar-refractivity contribution in [2.45, 2.75) is 38.7 Å². The Kier molecular flexibility index (Phi) is 2.76. The van der Waals surface area contributed by atoms with E-state index >= 15 is 0 Å². The Balaban J connectivity index is 2.39. The topological polar surface area (TPSA) is 33.4 Å². The summed E-state index contributed by atoms with van der Waals surface area (Å²) in [6.07, 6.45) is 7.56. The van der Waals surface area contributed by atoms with Crippen LogP contribution in [0.2, 0.25) is 0 Å². The van der Waals surface area contributed by atoms with Gasteiger partial charge in [0.15, 0.2) is 0 Å². The fourth-order valence-electron chi connectivity index (χ4n) is 2.30.